The molecule has 2 heterocycles. The number of nitrogens with one attached hydrogen (secondary N) is 1. The Kier molecular flexibility index (Phi) is 4.85. The van der Waals surface area contributed by atoms with Gasteiger partial charge in [0.2, 0.25) is 0 Å². The fraction of sp³-hybridized carbons (Fsp3) is 0.650. The van der Waals surface area contributed by atoms with Crippen LogP contribution in [0.5, 0.6) is 5.75 Å². The van der Waals surface area contributed by atoms with Crippen LogP contribution in [0.4, 0.5) is 10.5 Å². The number of ether oxygens (including phenoxy) is 2. The molecule has 1 aromatic carbocycles. The third-order valence-corrected chi connectivity index (χ3v) is 5.05. The van der Waals surface area contributed by atoms with Crippen molar-refractivity contribution < 1.29 is 14.3 Å². The number of aryl methyl sites for hydroxylation is 1. The van der Waals surface area contributed by atoms with Crippen molar-refractivity contribution in [3.05, 3.63) is 23.8 Å². The highest BCUT2D eigenvalue weighted by molar-refractivity contribution is 5.70. The van der Waals surface area contributed by atoms with Crippen molar-refractivity contribution in [2.24, 2.45) is 0 Å². The molecule has 2 aliphatic rings. The number of fused-ring (bicyclic) bond motifs is 2. The van der Waals surface area contributed by atoms with Crippen LogP contribution in [0.1, 0.15) is 52.0 Å². The molecule has 5 heteroatoms. The van der Waals surface area contributed by atoms with E-state index in [0.717, 1.165) is 37.1 Å². The summed E-state index contributed by atoms with van der Waals surface area (Å²) in [5, 5.41) is 3.63. The summed E-state index contributed by atoms with van der Waals surface area (Å²) in [6.45, 7) is 7.83. The van der Waals surface area contributed by atoms with Gasteiger partial charge in [-0.2, -0.15) is 0 Å². The van der Waals surface area contributed by atoms with Crippen LogP contribution in [0.25, 0.3) is 0 Å². The number of hydrogen-bond acceptors (Lipinski definition) is 4. The van der Waals surface area contributed by atoms with Gasteiger partial charge in [0.05, 0.1) is 12.8 Å². The SMILES string of the molecule is COc1cc(C)ccc1NC1CC2CCC(C1)N2C(=O)OC(C)(C)C. The fourth-order valence-corrected chi connectivity index (χ4v) is 4.05. The van der Waals surface area contributed by atoms with Gasteiger partial charge in [0.15, 0.2) is 0 Å². The Morgan fingerprint density at radius 3 is 2.40 bits per heavy atom. The van der Waals surface area contributed by atoms with Crippen LogP contribution in [-0.2, 0) is 4.74 Å². The number of piperidine rings is 1. The largest absolute Gasteiger partial charge is 0.495 e. The van der Waals surface area contributed by atoms with Gasteiger partial charge in [-0.1, -0.05) is 6.07 Å². The van der Waals surface area contributed by atoms with Crippen molar-refractivity contribution in [3.8, 4) is 5.75 Å². The molecule has 2 bridgehead atoms. The van der Waals surface area contributed by atoms with Crippen molar-refractivity contribution in [3.63, 3.8) is 0 Å². The molecular weight excluding hydrogens is 316 g/mol. The number of anilines is 1. The number of rotatable bonds is 3. The summed E-state index contributed by atoms with van der Waals surface area (Å²) < 4.78 is 11.1. The third-order valence-electron chi connectivity index (χ3n) is 5.05. The van der Waals surface area contributed by atoms with E-state index >= 15 is 0 Å². The zero-order valence-electron chi connectivity index (χ0n) is 16.0. The molecule has 1 amide bonds. The third kappa shape index (κ3) is 4.02. The number of methoxy groups -OCH3 is 1. The first-order valence-electron chi connectivity index (χ1n) is 9.19. The Morgan fingerprint density at radius 1 is 1.20 bits per heavy atom. The standard InChI is InChI=1S/C20H30N2O3/c1-13-6-9-17(18(10-13)24-5)21-14-11-15-7-8-16(12-14)22(15)19(23)25-20(2,3)4/h6,9-10,14-16,21H,7-8,11-12H2,1-5H3. The Labute approximate surface area is 150 Å². The van der Waals surface area contributed by atoms with Crippen LogP contribution in [0.3, 0.4) is 0 Å². The molecule has 2 saturated heterocycles. The molecule has 1 aromatic rings. The quantitative estimate of drug-likeness (QED) is 0.884. The first-order valence-corrected chi connectivity index (χ1v) is 9.19. The number of benzene rings is 1. The summed E-state index contributed by atoms with van der Waals surface area (Å²) in [6, 6.07) is 7.11. The lowest BCUT2D eigenvalue weighted by Gasteiger charge is -2.40. The van der Waals surface area contributed by atoms with Crippen LogP contribution < -0.4 is 10.1 Å². The van der Waals surface area contributed by atoms with E-state index in [1.165, 1.54) is 5.56 Å². The minimum absolute atomic E-state index is 0.161. The average Bonchev–Trinajstić information content (AvgIpc) is 2.79. The number of amides is 1. The Hall–Kier alpha value is -1.91. The molecule has 0 saturated carbocycles. The topological polar surface area (TPSA) is 50.8 Å². The van der Waals surface area contributed by atoms with Crippen LogP contribution >= 0.6 is 0 Å². The minimum Gasteiger partial charge on any atom is -0.495 e. The van der Waals surface area contributed by atoms with E-state index in [-0.39, 0.29) is 18.2 Å². The van der Waals surface area contributed by atoms with Crippen molar-refractivity contribution in [2.75, 3.05) is 12.4 Å². The van der Waals surface area contributed by atoms with E-state index < -0.39 is 5.60 Å². The van der Waals surface area contributed by atoms with Crippen LogP contribution in [0.2, 0.25) is 0 Å². The molecule has 2 fully saturated rings. The number of carbonyl (C=O) groups is 1. The predicted molar refractivity (Wildman–Crippen MR) is 99.3 cm³/mol. The maximum absolute atomic E-state index is 12.5. The maximum Gasteiger partial charge on any atom is 0.410 e. The molecule has 0 spiro atoms. The van der Waals surface area contributed by atoms with Crippen LogP contribution in [0, 0.1) is 6.92 Å². The fourth-order valence-electron chi connectivity index (χ4n) is 4.05. The van der Waals surface area contributed by atoms with E-state index in [4.69, 9.17) is 9.47 Å². The molecule has 5 nitrogen and oxygen atoms in total. The second kappa shape index (κ2) is 6.77. The molecule has 2 unspecified atom stereocenters. The summed E-state index contributed by atoms with van der Waals surface area (Å²) >= 11 is 0. The van der Waals surface area contributed by atoms with Crippen molar-refractivity contribution >= 4 is 11.8 Å². The average molecular weight is 346 g/mol. The van der Waals surface area contributed by atoms with Gasteiger partial charge in [0.25, 0.3) is 0 Å². The van der Waals surface area contributed by atoms with E-state index in [1.54, 1.807) is 7.11 Å². The molecular formula is C20H30N2O3. The van der Waals surface area contributed by atoms with Crippen LogP contribution in [0.15, 0.2) is 18.2 Å². The second-order valence-corrected chi connectivity index (χ2v) is 8.29. The lowest BCUT2D eigenvalue weighted by molar-refractivity contribution is 0.00683. The van der Waals surface area contributed by atoms with E-state index in [2.05, 4.69) is 24.4 Å². The van der Waals surface area contributed by atoms with Gasteiger partial charge >= 0.3 is 6.09 Å². The normalized spacial score (nSPS) is 25.6. The minimum atomic E-state index is -0.444. The smallest absolute Gasteiger partial charge is 0.410 e. The Morgan fingerprint density at radius 2 is 1.84 bits per heavy atom. The number of hydrogen-bond donors (Lipinski definition) is 1. The molecule has 0 aromatic heterocycles. The summed E-state index contributed by atoms with van der Waals surface area (Å²) in [5.41, 5.74) is 1.77. The molecule has 2 aliphatic heterocycles. The summed E-state index contributed by atoms with van der Waals surface area (Å²) in [5.74, 6) is 0.877. The lowest BCUT2D eigenvalue weighted by Crippen LogP contribution is -2.51. The second-order valence-electron chi connectivity index (χ2n) is 8.29. The summed E-state index contributed by atoms with van der Waals surface area (Å²) in [4.78, 5) is 14.5. The van der Waals surface area contributed by atoms with E-state index in [1.807, 2.05) is 31.7 Å². The zero-order chi connectivity index (χ0) is 18.2. The lowest BCUT2D eigenvalue weighted by atomic mass is 9.97. The van der Waals surface area contributed by atoms with Gasteiger partial charge in [-0.3, -0.25) is 0 Å². The molecule has 25 heavy (non-hydrogen) atoms. The Bertz CT molecular complexity index is 624. The highest BCUT2D eigenvalue weighted by Crippen LogP contribution is 2.38. The predicted octanol–water partition coefficient (Wildman–Crippen LogP) is 4.35. The van der Waals surface area contributed by atoms with Gasteiger partial charge in [-0.15, -0.1) is 0 Å². The molecule has 1 N–H and O–H groups in total. The summed E-state index contributed by atoms with van der Waals surface area (Å²) in [7, 11) is 1.70. The highest BCUT2D eigenvalue weighted by atomic mass is 16.6. The van der Waals surface area contributed by atoms with E-state index in [0.29, 0.717) is 6.04 Å². The molecule has 0 aliphatic carbocycles. The van der Waals surface area contributed by atoms with Crippen molar-refractivity contribution in [1.29, 1.82) is 0 Å². The first-order chi connectivity index (χ1) is 11.8. The zero-order valence-corrected chi connectivity index (χ0v) is 16.0. The Balaban J connectivity index is 1.67. The van der Waals surface area contributed by atoms with Gasteiger partial charge in [0.1, 0.15) is 11.4 Å². The van der Waals surface area contributed by atoms with Gasteiger partial charge in [-0.05, 0) is 71.1 Å². The monoisotopic (exact) mass is 346 g/mol. The first kappa shape index (κ1) is 17.9. The molecule has 3 rings (SSSR count). The van der Waals surface area contributed by atoms with Gasteiger partial charge in [-0.25, -0.2) is 4.79 Å². The van der Waals surface area contributed by atoms with Crippen molar-refractivity contribution in [1.82, 2.24) is 4.90 Å². The highest BCUT2D eigenvalue weighted by Gasteiger charge is 2.44. The molecule has 2 atom stereocenters. The number of nitrogens with zero attached hydrogens (tertiary/aromatic N) is 1. The summed E-state index contributed by atoms with van der Waals surface area (Å²) in [6.07, 6.45) is 3.87. The maximum atomic E-state index is 12.5. The van der Waals surface area contributed by atoms with E-state index in [9.17, 15) is 4.79 Å². The molecule has 0 radical (unpaired) electrons. The van der Waals surface area contributed by atoms with Gasteiger partial charge < -0.3 is 19.7 Å². The number of carbonyl (C=O) groups excluding carboxylic acids is 1. The molecule has 138 valence electrons. The van der Waals surface area contributed by atoms with Gasteiger partial charge in [0, 0.05) is 18.1 Å². The van der Waals surface area contributed by atoms with Crippen LogP contribution in [-0.4, -0.2) is 41.8 Å². The van der Waals surface area contributed by atoms with Crippen molar-refractivity contribution in [2.45, 2.75) is 77.1 Å².